The monoisotopic (exact) mass is 522 g/mol. The average Bonchev–Trinajstić information content (AvgIpc) is 3.28. The largest absolute Gasteiger partial charge is 0.420 e. The lowest BCUT2D eigenvalue weighted by atomic mass is 9.82. The zero-order valence-corrected chi connectivity index (χ0v) is 19.4. The van der Waals surface area contributed by atoms with E-state index in [2.05, 4.69) is 37.2 Å². The summed E-state index contributed by atoms with van der Waals surface area (Å²) in [5.74, 6) is -0.197. The molecule has 2 aliphatic rings. The van der Waals surface area contributed by atoms with Gasteiger partial charge in [-0.3, -0.25) is 10.1 Å². The molecule has 5 rings (SSSR count). The van der Waals surface area contributed by atoms with Crippen LogP contribution in [-0.4, -0.2) is 52.5 Å². The average molecular weight is 523 g/mol. The van der Waals surface area contributed by atoms with Gasteiger partial charge in [0.05, 0.1) is 30.4 Å². The van der Waals surface area contributed by atoms with E-state index in [1.54, 1.807) is 35.5 Å². The molecule has 3 N–H and O–H groups in total. The molecule has 34 heavy (non-hydrogen) atoms. The number of halogens is 1. The van der Waals surface area contributed by atoms with Crippen LogP contribution in [0.3, 0.4) is 0 Å². The number of benzene rings is 1. The summed E-state index contributed by atoms with van der Waals surface area (Å²) in [7, 11) is 0. The fourth-order valence-electron chi connectivity index (χ4n) is 4.04. The molecule has 1 unspecified atom stereocenters. The van der Waals surface area contributed by atoms with E-state index in [-0.39, 0.29) is 17.3 Å². The van der Waals surface area contributed by atoms with Gasteiger partial charge in [-0.2, -0.15) is 5.26 Å². The summed E-state index contributed by atoms with van der Waals surface area (Å²) in [6.45, 7) is 1.79. The molecule has 1 amide bonds. The number of hydrogen-bond donors (Lipinski definition) is 2. The number of carbonyl (C=O) groups excluding carboxylic acids is 1. The number of nitrogens with zero attached hydrogens (tertiary/aromatic N) is 4. The van der Waals surface area contributed by atoms with Crippen LogP contribution in [-0.2, 0) is 4.74 Å². The number of fused-ring (bicyclic) bond motifs is 1. The Kier molecular flexibility index (Phi) is 5.91. The number of morpholine rings is 1. The number of H-pyrrole nitrogens is 1. The highest BCUT2D eigenvalue weighted by Gasteiger charge is 2.37. The third-order valence-electron chi connectivity index (χ3n) is 5.66. The fourth-order valence-corrected chi connectivity index (χ4v) is 4.42. The van der Waals surface area contributed by atoms with Crippen molar-refractivity contribution in [2.45, 2.75) is 5.92 Å². The molecular formula is C23H19BrN6O4. The van der Waals surface area contributed by atoms with Crippen LogP contribution in [0.1, 0.15) is 17.0 Å². The van der Waals surface area contributed by atoms with E-state index >= 15 is 0 Å². The van der Waals surface area contributed by atoms with E-state index in [9.17, 15) is 10.1 Å². The number of carbonyl (C=O) groups is 1. The van der Waals surface area contributed by atoms with Gasteiger partial charge in [-0.1, -0.05) is 15.9 Å². The van der Waals surface area contributed by atoms with Crippen molar-refractivity contribution in [2.24, 2.45) is 5.73 Å². The van der Waals surface area contributed by atoms with E-state index < -0.39 is 12.0 Å². The van der Waals surface area contributed by atoms with Gasteiger partial charge in [-0.05, 0) is 30.3 Å². The Hall–Kier alpha value is -3.88. The summed E-state index contributed by atoms with van der Waals surface area (Å²) in [6, 6.07) is 11.1. The first kappa shape index (κ1) is 21.9. The molecule has 0 spiro atoms. The van der Waals surface area contributed by atoms with Gasteiger partial charge in [0.2, 0.25) is 11.8 Å². The molecule has 3 aromatic rings. The van der Waals surface area contributed by atoms with Crippen molar-refractivity contribution in [1.82, 2.24) is 20.1 Å². The number of nitrogens with one attached hydrogen (secondary N) is 1. The number of pyridine rings is 1. The Bertz CT molecular complexity index is 1310. The van der Waals surface area contributed by atoms with Crippen LogP contribution in [0.5, 0.6) is 11.6 Å². The van der Waals surface area contributed by atoms with Crippen LogP contribution in [0.15, 0.2) is 58.7 Å². The molecule has 11 heteroatoms. The number of amides is 1. The zero-order valence-electron chi connectivity index (χ0n) is 17.8. The highest BCUT2D eigenvalue weighted by atomic mass is 79.9. The third kappa shape index (κ3) is 3.98. The van der Waals surface area contributed by atoms with Gasteiger partial charge < -0.3 is 24.8 Å². The predicted octanol–water partition coefficient (Wildman–Crippen LogP) is 3.28. The summed E-state index contributed by atoms with van der Waals surface area (Å²) in [6.07, 6.45) is 2.83. The number of allylic oxidation sites excluding steroid dienone is 1. The number of ether oxygens (including phenoxy) is 3. The number of nitriles is 1. The molecule has 0 aliphatic carbocycles. The van der Waals surface area contributed by atoms with Crippen molar-refractivity contribution in [3.05, 3.63) is 69.8 Å². The van der Waals surface area contributed by atoms with E-state index in [4.69, 9.17) is 19.9 Å². The standard InChI is InChI=1S/C23H19BrN6O4/c24-14-1-2-17(33-23(31)30-7-9-32-10-8-30)15(11-14)18-16(12-25)21(26)34-22-19(18)20(28-29-22)13-3-5-27-6-4-13/h1-6,11,18H,7-10,26H2,(H,28,29). The summed E-state index contributed by atoms with van der Waals surface area (Å²) >= 11 is 3.50. The van der Waals surface area contributed by atoms with E-state index in [0.717, 1.165) is 10.0 Å². The van der Waals surface area contributed by atoms with Crippen LogP contribution in [0.25, 0.3) is 11.3 Å². The molecule has 0 saturated carbocycles. The Morgan fingerprint density at radius 2 is 2.03 bits per heavy atom. The van der Waals surface area contributed by atoms with Crippen molar-refractivity contribution < 1.29 is 19.0 Å². The summed E-state index contributed by atoms with van der Waals surface area (Å²) < 4.78 is 17.5. The minimum atomic E-state index is -0.694. The normalized spacial score (nSPS) is 17.5. The van der Waals surface area contributed by atoms with Gasteiger partial charge >= 0.3 is 6.09 Å². The maximum atomic E-state index is 12.9. The van der Waals surface area contributed by atoms with E-state index in [1.807, 2.05) is 12.1 Å². The van der Waals surface area contributed by atoms with Gasteiger partial charge in [0.1, 0.15) is 17.4 Å². The summed E-state index contributed by atoms with van der Waals surface area (Å²) in [4.78, 5) is 18.5. The quantitative estimate of drug-likeness (QED) is 0.533. The molecule has 1 fully saturated rings. The molecule has 1 saturated heterocycles. The molecular weight excluding hydrogens is 504 g/mol. The number of hydrogen-bond acceptors (Lipinski definition) is 8. The minimum absolute atomic E-state index is 0.0572. The van der Waals surface area contributed by atoms with Gasteiger partial charge in [-0.25, -0.2) is 4.79 Å². The van der Waals surface area contributed by atoms with Crippen molar-refractivity contribution in [3.8, 4) is 29.0 Å². The number of aromatic amines is 1. The maximum absolute atomic E-state index is 12.9. The Morgan fingerprint density at radius 1 is 1.26 bits per heavy atom. The van der Waals surface area contributed by atoms with Crippen molar-refractivity contribution >= 4 is 22.0 Å². The molecule has 0 radical (unpaired) electrons. The fraction of sp³-hybridized carbons (Fsp3) is 0.217. The Labute approximate surface area is 203 Å². The molecule has 0 bridgehead atoms. The number of aromatic nitrogens is 3. The predicted molar refractivity (Wildman–Crippen MR) is 124 cm³/mol. The Balaban J connectivity index is 1.63. The molecule has 10 nitrogen and oxygen atoms in total. The van der Waals surface area contributed by atoms with Gasteiger partial charge in [0.15, 0.2) is 0 Å². The first-order valence-corrected chi connectivity index (χ1v) is 11.3. The molecule has 172 valence electrons. The minimum Gasteiger partial charge on any atom is -0.420 e. The molecule has 1 atom stereocenters. The van der Waals surface area contributed by atoms with Crippen LogP contribution < -0.4 is 15.2 Å². The third-order valence-corrected chi connectivity index (χ3v) is 6.15. The second kappa shape index (κ2) is 9.17. The Morgan fingerprint density at radius 3 is 2.76 bits per heavy atom. The lowest BCUT2D eigenvalue weighted by molar-refractivity contribution is 0.0415. The number of rotatable bonds is 3. The maximum Gasteiger partial charge on any atom is 0.415 e. The van der Waals surface area contributed by atoms with Crippen molar-refractivity contribution in [3.63, 3.8) is 0 Å². The molecule has 1 aromatic carbocycles. The van der Waals surface area contributed by atoms with Crippen molar-refractivity contribution in [1.29, 1.82) is 5.26 Å². The van der Waals surface area contributed by atoms with E-state index in [1.165, 1.54) is 0 Å². The molecule has 2 aliphatic heterocycles. The topological polar surface area (TPSA) is 139 Å². The van der Waals surface area contributed by atoms with Gasteiger partial charge in [0.25, 0.3) is 0 Å². The smallest absolute Gasteiger partial charge is 0.415 e. The second-order valence-electron chi connectivity index (χ2n) is 7.63. The lowest BCUT2D eigenvalue weighted by Gasteiger charge is -2.28. The second-order valence-corrected chi connectivity index (χ2v) is 8.54. The van der Waals surface area contributed by atoms with Gasteiger partial charge in [0, 0.05) is 41.1 Å². The lowest BCUT2D eigenvalue weighted by Crippen LogP contribution is -2.42. The SMILES string of the molecule is N#CC1=C(N)Oc2n[nH]c(-c3ccncc3)c2C1c1cc(Br)ccc1OC(=O)N1CCOCC1. The molecule has 4 heterocycles. The zero-order chi connectivity index (χ0) is 23.7. The van der Waals surface area contributed by atoms with E-state index in [0.29, 0.717) is 48.9 Å². The summed E-state index contributed by atoms with van der Waals surface area (Å²) in [5, 5.41) is 17.3. The van der Waals surface area contributed by atoms with Crippen LogP contribution >= 0.6 is 15.9 Å². The van der Waals surface area contributed by atoms with Crippen LogP contribution in [0.4, 0.5) is 4.79 Å². The highest BCUT2D eigenvalue weighted by molar-refractivity contribution is 9.10. The van der Waals surface area contributed by atoms with Crippen molar-refractivity contribution in [2.75, 3.05) is 26.3 Å². The highest BCUT2D eigenvalue weighted by Crippen LogP contribution is 2.48. The number of nitrogens with two attached hydrogens (primary N) is 1. The van der Waals surface area contributed by atoms with Crippen LogP contribution in [0, 0.1) is 11.3 Å². The van der Waals surface area contributed by atoms with Crippen LogP contribution in [0.2, 0.25) is 0 Å². The van der Waals surface area contributed by atoms with Gasteiger partial charge in [-0.15, -0.1) is 5.10 Å². The first-order valence-electron chi connectivity index (χ1n) is 10.5. The first-order chi connectivity index (χ1) is 16.6. The summed E-state index contributed by atoms with van der Waals surface area (Å²) in [5.41, 5.74) is 8.93. The molecule has 2 aromatic heterocycles.